The number of hydrogen-bond donors (Lipinski definition) is 3. The molecule has 3 rings (SSSR count). The molecule has 5 N–H and O–H groups in total. The summed E-state index contributed by atoms with van der Waals surface area (Å²) in [5, 5.41) is 19.9. The fourth-order valence-electron chi connectivity index (χ4n) is 2.31. The molecule has 0 unspecified atom stereocenters. The molecule has 1 saturated heterocycles. The minimum atomic E-state index is -5.24. The van der Waals surface area contributed by atoms with Gasteiger partial charge in [-0.15, -0.1) is 0 Å². The summed E-state index contributed by atoms with van der Waals surface area (Å²) in [6.45, 7) is -0.750. The molecule has 134 valence electrons. The number of imidazole rings is 1. The normalized spacial score (nSPS) is 25.2. The van der Waals surface area contributed by atoms with E-state index in [-0.39, 0.29) is 75.8 Å². The minimum absolute atomic E-state index is 0. The molecule has 1 aliphatic heterocycles. The van der Waals surface area contributed by atoms with E-state index in [1.165, 1.54) is 10.9 Å². The third kappa shape index (κ3) is 5.43. The average molecular weight is 410 g/mol. The van der Waals surface area contributed by atoms with E-state index in [4.69, 9.17) is 4.74 Å². The van der Waals surface area contributed by atoms with E-state index >= 15 is 0 Å². The first-order valence-corrected chi connectivity index (χ1v) is 7.82. The van der Waals surface area contributed by atoms with Crippen molar-refractivity contribution < 1.29 is 98.4 Å². The van der Waals surface area contributed by atoms with Gasteiger partial charge in [0.1, 0.15) is 18.3 Å². The zero-order valence-corrected chi connectivity index (χ0v) is 18.7. The van der Waals surface area contributed by atoms with E-state index < -0.39 is 44.5 Å². The number of hydrogen-bond acceptors (Lipinski definition) is 10. The van der Waals surface area contributed by atoms with E-state index in [0.717, 1.165) is 6.33 Å². The third-order valence-corrected chi connectivity index (χ3v) is 3.84. The second-order valence-corrected chi connectivity index (χ2v) is 6.00. The Kier molecular flexibility index (Phi) is 10.3. The third-order valence-electron chi connectivity index (χ3n) is 3.37. The van der Waals surface area contributed by atoms with E-state index in [1.807, 2.05) is 0 Å². The zero-order valence-electron chi connectivity index (χ0n) is 13.8. The summed E-state index contributed by atoms with van der Waals surface area (Å²) < 4.78 is 21.1. The van der Waals surface area contributed by atoms with Crippen molar-refractivity contribution in [1.82, 2.24) is 19.5 Å². The fourth-order valence-corrected chi connectivity index (χ4v) is 2.64. The summed E-state index contributed by atoms with van der Waals surface area (Å²) in [6.07, 6.45) is -3.11. The summed E-state index contributed by atoms with van der Waals surface area (Å²) in [5.41, 5.74) is -0.397. The zero-order chi connectivity index (χ0) is 16.8. The van der Waals surface area contributed by atoms with E-state index in [0.29, 0.717) is 0 Å². The van der Waals surface area contributed by atoms with Gasteiger partial charge >= 0.3 is 59.1 Å². The predicted molar refractivity (Wildman–Crippen MR) is 71.2 cm³/mol. The molecule has 0 amide bonds. The van der Waals surface area contributed by atoms with Gasteiger partial charge in [0.25, 0.3) is 5.56 Å². The van der Waals surface area contributed by atoms with Crippen LogP contribution in [0.1, 0.15) is 6.23 Å². The van der Waals surface area contributed by atoms with Crippen molar-refractivity contribution in [3.63, 3.8) is 0 Å². The van der Waals surface area contributed by atoms with E-state index in [9.17, 15) is 29.4 Å². The number of fused-ring (bicyclic) bond motifs is 1. The number of phosphoric acid groups is 1. The molecular weight excluding hydrogens is 397 g/mol. The number of ether oxygens (including phenoxy) is 1. The number of aromatic amines is 1. The quantitative estimate of drug-likeness (QED) is 0.319. The molecule has 2 aromatic rings. The molecule has 0 aromatic carbocycles. The number of aromatic nitrogens is 4. The Morgan fingerprint density at radius 3 is 2.58 bits per heavy atom. The molecule has 1 aliphatic rings. The molecular formula is C10H13N4Na2O9P. The maximum absolute atomic E-state index is 11.6. The van der Waals surface area contributed by atoms with Crippen LogP contribution in [0, 0.1) is 0 Å². The van der Waals surface area contributed by atoms with Crippen molar-refractivity contribution in [1.29, 1.82) is 0 Å². The molecule has 0 saturated carbocycles. The summed E-state index contributed by atoms with van der Waals surface area (Å²) in [7, 11) is -5.24. The maximum atomic E-state index is 11.6. The van der Waals surface area contributed by atoms with Crippen LogP contribution >= 0.6 is 7.82 Å². The van der Waals surface area contributed by atoms with Gasteiger partial charge in [0, 0.05) is 0 Å². The van der Waals surface area contributed by atoms with Crippen LogP contribution in [0.5, 0.6) is 0 Å². The number of nitrogens with zero attached hydrogens (tertiary/aromatic N) is 3. The van der Waals surface area contributed by atoms with Gasteiger partial charge in [0.15, 0.2) is 17.4 Å². The van der Waals surface area contributed by atoms with Crippen LogP contribution in [0.3, 0.4) is 0 Å². The van der Waals surface area contributed by atoms with Crippen LogP contribution in [-0.4, -0.2) is 60.1 Å². The summed E-state index contributed by atoms with van der Waals surface area (Å²) in [5.74, 6) is 0. The van der Waals surface area contributed by atoms with Crippen molar-refractivity contribution in [3.8, 4) is 0 Å². The number of aliphatic hydroxyl groups excluding tert-OH is 2. The Labute approximate surface area is 189 Å². The average Bonchev–Trinajstić information content (AvgIpc) is 3.01. The maximum Gasteiger partial charge on any atom is 1.00 e. The van der Waals surface area contributed by atoms with Crippen LogP contribution in [0.15, 0.2) is 17.4 Å². The first kappa shape index (κ1) is 26.3. The first-order chi connectivity index (χ1) is 10.8. The molecule has 1 fully saturated rings. The molecule has 2 aromatic heterocycles. The number of phosphoric ester groups is 1. The Bertz CT molecular complexity index is 826. The first-order valence-electron chi connectivity index (χ1n) is 6.36. The van der Waals surface area contributed by atoms with Crippen LogP contribution in [0.25, 0.3) is 11.2 Å². The molecule has 0 bridgehead atoms. The van der Waals surface area contributed by atoms with Gasteiger partial charge in [0.2, 0.25) is 0 Å². The molecule has 0 radical (unpaired) electrons. The second-order valence-electron chi connectivity index (χ2n) is 4.84. The number of aliphatic hydroxyl groups is 2. The van der Waals surface area contributed by atoms with Crippen LogP contribution in [0.4, 0.5) is 0 Å². The van der Waals surface area contributed by atoms with Crippen molar-refractivity contribution in [2.24, 2.45) is 0 Å². The van der Waals surface area contributed by atoms with Crippen LogP contribution in [0.2, 0.25) is 0 Å². The second kappa shape index (κ2) is 10.2. The SMILES string of the molecule is O.O=c1[nH]cnc2c1ncn2[C@@H]1O[C@H](COP(=O)([O-])[O-])[C@H](O)[C@@H]1O.[Na+].[Na+]. The van der Waals surface area contributed by atoms with Gasteiger partial charge in [0.05, 0.1) is 27.1 Å². The Morgan fingerprint density at radius 1 is 1.31 bits per heavy atom. The minimum Gasteiger partial charge on any atom is -0.790 e. The van der Waals surface area contributed by atoms with Crippen molar-refractivity contribution in [2.75, 3.05) is 6.61 Å². The van der Waals surface area contributed by atoms with Crippen molar-refractivity contribution in [2.45, 2.75) is 24.5 Å². The standard InChI is InChI=1S/C10H13N4O8P.2Na.H2O/c15-6-4(1-21-23(18,19)20)22-10(7(6)16)14-3-13-5-8(14)11-2-12-9(5)17;;;/h2-4,6-7,10,15-16H,1H2,(H,11,12,17)(H2,18,19,20);;;1H2/q;2*+1;/p-2/t4-,6+,7+,10-;;;/m1.../s1. The van der Waals surface area contributed by atoms with Crippen LogP contribution < -0.4 is 74.5 Å². The van der Waals surface area contributed by atoms with Gasteiger partial charge in [-0.05, 0) is 0 Å². The number of rotatable bonds is 4. The van der Waals surface area contributed by atoms with Gasteiger partial charge in [-0.1, -0.05) is 0 Å². The molecule has 3 heterocycles. The molecule has 13 nitrogen and oxygen atoms in total. The summed E-state index contributed by atoms with van der Waals surface area (Å²) in [4.78, 5) is 42.6. The van der Waals surface area contributed by atoms with E-state index in [1.54, 1.807) is 0 Å². The fraction of sp³-hybridized carbons (Fsp3) is 0.500. The Hall–Kier alpha value is 0.300. The van der Waals surface area contributed by atoms with Gasteiger partial charge < -0.3 is 44.3 Å². The molecule has 0 spiro atoms. The molecule has 4 atom stereocenters. The van der Waals surface area contributed by atoms with Crippen molar-refractivity contribution >= 4 is 19.0 Å². The molecule has 0 aliphatic carbocycles. The van der Waals surface area contributed by atoms with E-state index in [2.05, 4.69) is 19.5 Å². The predicted octanol–water partition coefficient (Wildman–Crippen LogP) is -10.2. The van der Waals surface area contributed by atoms with Gasteiger partial charge in [-0.2, -0.15) is 0 Å². The Morgan fingerprint density at radius 2 is 1.96 bits per heavy atom. The number of H-pyrrole nitrogens is 1. The molecule has 16 heteroatoms. The van der Waals surface area contributed by atoms with Crippen molar-refractivity contribution in [3.05, 3.63) is 23.0 Å². The summed E-state index contributed by atoms with van der Waals surface area (Å²) in [6, 6.07) is 0. The van der Waals surface area contributed by atoms with Crippen LogP contribution in [-0.2, 0) is 13.8 Å². The number of nitrogens with one attached hydrogen (secondary N) is 1. The smallest absolute Gasteiger partial charge is 0.790 e. The molecule has 26 heavy (non-hydrogen) atoms. The topological polar surface area (TPSA) is 217 Å². The van der Waals surface area contributed by atoms with Gasteiger partial charge in [-0.3, -0.25) is 9.36 Å². The monoisotopic (exact) mass is 410 g/mol. The Balaban J connectivity index is 0.00000208. The largest absolute Gasteiger partial charge is 1.00 e. The van der Waals surface area contributed by atoms with Gasteiger partial charge in [-0.25, -0.2) is 9.97 Å². The summed E-state index contributed by atoms with van der Waals surface area (Å²) >= 11 is 0.